The molecule has 2 aliphatic heterocycles. The molecule has 5 N–H and O–H groups in total. The fraction of sp³-hybridized carbons (Fsp3) is 0.395. The highest BCUT2D eigenvalue weighted by molar-refractivity contribution is 6.37. The van der Waals surface area contributed by atoms with Crippen LogP contribution in [0.4, 0.5) is 17.1 Å². The molecule has 1 saturated heterocycles. The van der Waals surface area contributed by atoms with E-state index in [0.29, 0.717) is 87.4 Å². The van der Waals surface area contributed by atoms with Crippen LogP contribution in [0.2, 0.25) is 0 Å². The van der Waals surface area contributed by atoms with Gasteiger partial charge in [0.2, 0.25) is 5.91 Å². The molecule has 0 bridgehead atoms. The van der Waals surface area contributed by atoms with E-state index in [1.54, 1.807) is 30.1 Å². The summed E-state index contributed by atoms with van der Waals surface area (Å²) in [5.41, 5.74) is 10.5. The summed E-state index contributed by atoms with van der Waals surface area (Å²) in [6.07, 6.45) is 0. The van der Waals surface area contributed by atoms with Crippen LogP contribution in [-0.4, -0.2) is 127 Å². The Bertz CT molecular complexity index is 1640. The number of hydrogen-bond acceptors (Lipinski definition) is 10. The van der Waals surface area contributed by atoms with Crippen molar-refractivity contribution in [3.05, 3.63) is 89.5 Å². The predicted octanol–water partition coefficient (Wildman–Crippen LogP) is 2.57. The third-order valence-electron chi connectivity index (χ3n) is 8.73. The Morgan fingerprint density at radius 1 is 0.843 bits per heavy atom. The zero-order chi connectivity index (χ0) is 36.0. The van der Waals surface area contributed by atoms with E-state index in [1.807, 2.05) is 54.6 Å². The molecule has 5 rings (SSSR count). The Kier molecular flexibility index (Phi) is 14.1. The Labute approximate surface area is 299 Å². The molecule has 3 aromatic rings. The van der Waals surface area contributed by atoms with Gasteiger partial charge in [-0.05, 0) is 49.0 Å². The van der Waals surface area contributed by atoms with Gasteiger partial charge in [-0.15, -0.1) is 0 Å². The molecule has 3 aromatic carbocycles. The quantitative estimate of drug-likeness (QED) is 0.115. The molecular formula is C38H49N7O6. The molecule has 0 spiro atoms. The summed E-state index contributed by atoms with van der Waals surface area (Å²) >= 11 is 0. The SMILES string of the molecule is CN1CCN(CC(=O)N(C)c2ccc(N/C(=C3\C(=O)Nc4cc(C(=O)NCCOCCOCCOCCN)ccc43)c3ccccc3)cc2)CC1. The molecule has 3 amide bonds. The number of hydrogen-bond donors (Lipinski definition) is 4. The van der Waals surface area contributed by atoms with E-state index in [-0.39, 0.29) is 17.7 Å². The van der Waals surface area contributed by atoms with Crippen LogP contribution in [0.1, 0.15) is 21.5 Å². The monoisotopic (exact) mass is 699 g/mol. The zero-order valence-electron chi connectivity index (χ0n) is 29.5. The van der Waals surface area contributed by atoms with Crippen molar-refractivity contribution >= 4 is 46.1 Å². The number of ether oxygens (including phenoxy) is 3. The summed E-state index contributed by atoms with van der Waals surface area (Å²) in [6, 6.07) is 22.4. The van der Waals surface area contributed by atoms with E-state index < -0.39 is 0 Å². The molecule has 0 radical (unpaired) electrons. The molecule has 0 aliphatic carbocycles. The fourth-order valence-corrected chi connectivity index (χ4v) is 5.77. The average Bonchev–Trinajstić information content (AvgIpc) is 3.48. The molecule has 0 aromatic heterocycles. The molecule has 0 unspecified atom stereocenters. The van der Waals surface area contributed by atoms with Crippen LogP contribution >= 0.6 is 0 Å². The van der Waals surface area contributed by atoms with E-state index in [9.17, 15) is 14.4 Å². The Morgan fingerprint density at radius 2 is 1.51 bits per heavy atom. The third-order valence-corrected chi connectivity index (χ3v) is 8.73. The minimum Gasteiger partial charge on any atom is -0.378 e. The predicted molar refractivity (Wildman–Crippen MR) is 200 cm³/mol. The molecule has 0 saturated carbocycles. The largest absolute Gasteiger partial charge is 0.378 e. The van der Waals surface area contributed by atoms with Gasteiger partial charge in [-0.3, -0.25) is 19.3 Å². The number of rotatable bonds is 18. The molecule has 2 aliphatic rings. The standard InChI is InChI=1S/C38H49N7O6/c1-43-16-18-45(19-17-43)27-34(46)44(2)31-11-9-30(10-12-31)41-36(28-6-4-3-5-7-28)35-32-13-8-29(26-33(32)42-38(35)48)37(47)40-15-21-50-23-25-51-24-22-49-20-14-39/h3-13,26,41H,14-25,27,39H2,1-2H3,(H,40,47)(H,42,48)/b36-35-. The van der Waals surface area contributed by atoms with Crippen molar-refractivity contribution in [1.29, 1.82) is 0 Å². The Morgan fingerprint density at radius 3 is 2.20 bits per heavy atom. The van der Waals surface area contributed by atoms with Gasteiger partial charge in [-0.25, -0.2) is 0 Å². The van der Waals surface area contributed by atoms with E-state index in [0.717, 1.165) is 43.1 Å². The average molecular weight is 700 g/mol. The topological polar surface area (TPSA) is 151 Å². The Balaban J connectivity index is 1.21. The molecule has 0 atom stereocenters. The highest BCUT2D eigenvalue weighted by Gasteiger charge is 2.29. The van der Waals surface area contributed by atoms with Crippen LogP contribution < -0.4 is 26.6 Å². The van der Waals surface area contributed by atoms with Crippen LogP contribution in [0.3, 0.4) is 0 Å². The summed E-state index contributed by atoms with van der Waals surface area (Å²) in [5, 5.41) is 9.26. The number of likely N-dealkylation sites (N-methyl/N-ethyl adjacent to an activating group) is 2. The molecule has 272 valence electrons. The third kappa shape index (κ3) is 10.7. The van der Waals surface area contributed by atoms with Gasteiger partial charge in [-0.1, -0.05) is 36.4 Å². The first kappa shape index (κ1) is 37.6. The number of anilines is 3. The number of nitrogens with zero attached hydrogens (tertiary/aromatic N) is 3. The Hall–Kier alpha value is -4.63. The molecule has 13 heteroatoms. The van der Waals surface area contributed by atoms with Crippen LogP contribution in [-0.2, 0) is 23.8 Å². The molecule has 51 heavy (non-hydrogen) atoms. The van der Waals surface area contributed by atoms with Gasteiger partial charge in [-0.2, -0.15) is 0 Å². The van der Waals surface area contributed by atoms with Gasteiger partial charge in [0, 0.05) is 74.5 Å². The lowest BCUT2D eigenvalue weighted by atomic mass is 9.99. The summed E-state index contributed by atoms with van der Waals surface area (Å²) in [4.78, 5) is 45.6. The van der Waals surface area contributed by atoms with Gasteiger partial charge in [0.05, 0.1) is 57.5 Å². The molecule has 2 heterocycles. The van der Waals surface area contributed by atoms with E-state index in [4.69, 9.17) is 19.9 Å². The number of carbonyl (C=O) groups excluding carboxylic acids is 3. The van der Waals surface area contributed by atoms with Gasteiger partial charge in [0.1, 0.15) is 0 Å². The van der Waals surface area contributed by atoms with Crippen molar-refractivity contribution in [1.82, 2.24) is 15.1 Å². The highest BCUT2D eigenvalue weighted by atomic mass is 16.5. The van der Waals surface area contributed by atoms with Crippen LogP contribution in [0.25, 0.3) is 11.3 Å². The lowest BCUT2D eigenvalue weighted by Crippen LogP contribution is -2.48. The van der Waals surface area contributed by atoms with Gasteiger partial charge >= 0.3 is 0 Å². The summed E-state index contributed by atoms with van der Waals surface area (Å²) in [6.45, 7) is 7.50. The maximum atomic E-state index is 13.5. The maximum absolute atomic E-state index is 13.5. The minimum absolute atomic E-state index is 0.0372. The first-order valence-electron chi connectivity index (χ1n) is 17.4. The number of nitrogens with two attached hydrogens (primary N) is 1. The first-order valence-corrected chi connectivity index (χ1v) is 17.4. The number of fused-ring (bicyclic) bond motifs is 1. The van der Waals surface area contributed by atoms with E-state index in [1.165, 1.54) is 0 Å². The molecular weight excluding hydrogens is 650 g/mol. The van der Waals surface area contributed by atoms with Crippen molar-refractivity contribution < 1.29 is 28.6 Å². The number of nitrogens with one attached hydrogen (secondary N) is 3. The second-order valence-electron chi connectivity index (χ2n) is 12.4. The van der Waals surface area contributed by atoms with Crippen LogP contribution in [0.5, 0.6) is 0 Å². The van der Waals surface area contributed by atoms with E-state index >= 15 is 0 Å². The van der Waals surface area contributed by atoms with E-state index in [2.05, 4.69) is 32.8 Å². The minimum atomic E-state index is -0.277. The normalized spacial score (nSPS) is 15.6. The number of benzene rings is 3. The van der Waals surface area contributed by atoms with Gasteiger partial charge in [0.15, 0.2) is 0 Å². The summed E-state index contributed by atoms with van der Waals surface area (Å²) < 4.78 is 16.2. The molecule has 1 fully saturated rings. The fourth-order valence-electron chi connectivity index (χ4n) is 5.77. The maximum Gasteiger partial charge on any atom is 0.258 e. The lowest BCUT2D eigenvalue weighted by molar-refractivity contribution is -0.119. The highest BCUT2D eigenvalue weighted by Crippen LogP contribution is 2.38. The van der Waals surface area contributed by atoms with Crippen molar-refractivity contribution in [2.24, 2.45) is 5.73 Å². The van der Waals surface area contributed by atoms with Crippen molar-refractivity contribution in [2.75, 3.05) is 115 Å². The second kappa shape index (κ2) is 19.1. The van der Waals surface area contributed by atoms with Crippen molar-refractivity contribution in [3.8, 4) is 0 Å². The first-order chi connectivity index (χ1) is 24.8. The van der Waals surface area contributed by atoms with Crippen LogP contribution in [0.15, 0.2) is 72.8 Å². The summed E-state index contributed by atoms with van der Waals surface area (Å²) in [7, 11) is 3.89. The van der Waals surface area contributed by atoms with Crippen LogP contribution in [0, 0.1) is 0 Å². The summed E-state index contributed by atoms with van der Waals surface area (Å²) in [5.74, 6) is -0.508. The number of amides is 3. The zero-order valence-corrected chi connectivity index (χ0v) is 29.5. The van der Waals surface area contributed by atoms with Crippen molar-refractivity contribution in [2.45, 2.75) is 0 Å². The number of piperazine rings is 1. The lowest BCUT2D eigenvalue weighted by Gasteiger charge is -2.32. The van der Waals surface area contributed by atoms with Gasteiger partial charge in [0.25, 0.3) is 11.8 Å². The smallest absolute Gasteiger partial charge is 0.258 e. The second-order valence-corrected chi connectivity index (χ2v) is 12.4. The van der Waals surface area contributed by atoms with Gasteiger partial charge < -0.3 is 45.7 Å². The van der Waals surface area contributed by atoms with Crippen molar-refractivity contribution in [3.63, 3.8) is 0 Å². The molecule has 13 nitrogen and oxygen atoms in total. The number of carbonyl (C=O) groups is 3.